The van der Waals surface area contributed by atoms with Crippen LogP contribution < -0.4 is 26.0 Å². The van der Waals surface area contributed by atoms with Gasteiger partial charge in [0.05, 0.1) is 5.56 Å². The fourth-order valence-corrected chi connectivity index (χ4v) is 8.16. The van der Waals surface area contributed by atoms with Crippen molar-refractivity contribution in [1.82, 2.24) is 21.3 Å². The number of ether oxygens (including phenoxy) is 1. The van der Waals surface area contributed by atoms with Gasteiger partial charge in [0, 0.05) is 67.0 Å². The Bertz CT molecular complexity index is 1680. The molecule has 18 heteroatoms. The minimum atomic E-state index is -4.73. The van der Waals surface area contributed by atoms with Crippen LogP contribution in [0.1, 0.15) is 116 Å². The molecule has 0 spiro atoms. The normalized spacial score (nSPS) is 24.9. The molecule has 324 valence electrons. The lowest BCUT2D eigenvalue weighted by atomic mass is 9.86. The summed E-state index contributed by atoms with van der Waals surface area (Å²) in [7, 11) is 0. The maximum absolute atomic E-state index is 13.6. The predicted octanol–water partition coefficient (Wildman–Crippen LogP) is 9.40. The minimum Gasteiger partial charge on any atom is -0.435 e. The molecule has 4 saturated carbocycles. The van der Waals surface area contributed by atoms with E-state index in [4.69, 9.17) is 0 Å². The molecule has 2 amide bonds. The number of benzene rings is 2. The molecule has 0 unspecified atom stereocenters. The quantitative estimate of drug-likeness (QED) is 0.160. The molecule has 0 heterocycles. The number of carbonyl (C=O) groups excluding carboxylic acids is 2. The Morgan fingerprint density at radius 1 is 0.621 bits per heavy atom. The van der Waals surface area contributed by atoms with Crippen molar-refractivity contribution >= 4 is 11.8 Å². The highest BCUT2D eigenvalue weighted by atomic mass is 19.4. The van der Waals surface area contributed by atoms with E-state index in [0.29, 0.717) is 70.2 Å². The Hall–Kier alpha value is -3.67. The molecule has 4 atom stereocenters. The average Bonchev–Trinajstić information content (AvgIpc) is 3.79. The van der Waals surface area contributed by atoms with E-state index in [1.807, 2.05) is 0 Å². The zero-order valence-corrected chi connectivity index (χ0v) is 31.7. The topological polar surface area (TPSA) is 91.5 Å². The van der Waals surface area contributed by atoms with Crippen LogP contribution in [0.25, 0.3) is 0 Å². The number of alkyl halides is 9. The summed E-state index contributed by atoms with van der Waals surface area (Å²) in [6.45, 7) is -1.79. The summed E-state index contributed by atoms with van der Waals surface area (Å²) in [5.41, 5.74) is -1.65. The standard InChI is InChI=1S/C20H24F6N2O.C20H25F5N2O2/c21-15-8-13(7-14(9-15)20(24,25)26)18(29)28-17-2-1-16(10-17)27-11-12-3-5-19(22,23)6-4-12;21-14-7-13(8-17(9-14)29-19(22)23)18(28)27-16-2-1-15(10-16)26-11-12-3-5-20(24,25)6-4-12/h7-9,12,16-17,27H,1-6,10-11H2,(H,28,29);7-9,12,15-16,19,26H,1-6,10-11H2,(H,27,28)/t16-,17-;15-,16-/m00/s1. The molecular weight excluding hydrogens is 793 g/mol. The first-order valence-corrected chi connectivity index (χ1v) is 19.7. The van der Waals surface area contributed by atoms with Crippen LogP contribution in [0.2, 0.25) is 0 Å². The highest BCUT2D eigenvalue weighted by Crippen LogP contribution is 2.37. The van der Waals surface area contributed by atoms with E-state index in [9.17, 15) is 57.9 Å². The van der Waals surface area contributed by atoms with Crippen molar-refractivity contribution in [2.24, 2.45) is 11.8 Å². The van der Waals surface area contributed by atoms with Gasteiger partial charge < -0.3 is 26.0 Å². The Morgan fingerprint density at radius 3 is 1.47 bits per heavy atom. The van der Waals surface area contributed by atoms with Crippen LogP contribution >= 0.6 is 0 Å². The highest BCUT2D eigenvalue weighted by Gasteiger charge is 2.37. The number of hydrogen-bond acceptors (Lipinski definition) is 5. The lowest BCUT2D eigenvalue weighted by Gasteiger charge is -2.29. The largest absolute Gasteiger partial charge is 0.435 e. The number of nitrogens with one attached hydrogen (secondary N) is 4. The molecule has 0 aliphatic heterocycles. The van der Waals surface area contributed by atoms with Gasteiger partial charge in [0.2, 0.25) is 11.8 Å². The maximum atomic E-state index is 13.6. The first-order valence-electron chi connectivity index (χ1n) is 19.7. The van der Waals surface area contributed by atoms with Crippen molar-refractivity contribution in [3.05, 3.63) is 64.7 Å². The summed E-state index contributed by atoms with van der Waals surface area (Å²) in [5, 5.41) is 12.2. The van der Waals surface area contributed by atoms with Gasteiger partial charge in [-0.2, -0.15) is 22.0 Å². The monoisotopic (exact) mass is 842 g/mol. The molecule has 2 aromatic rings. The van der Waals surface area contributed by atoms with Crippen LogP contribution in [0.15, 0.2) is 36.4 Å². The van der Waals surface area contributed by atoms with Gasteiger partial charge >= 0.3 is 12.8 Å². The van der Waals surface area contributed by atoms with Crippen molar-refractivity contribution in [3.63, 3.8) is 0 Å². The Labute approximate surface area is 329 Å². The summed E-state index contributed by atoms with van der Waals surface area (Å²) >= 11 is 0. The Balaban J connectivity index is 0.000000221. The van der Waals surface area contributed by atoms with E-state index in [1.54, 1.807) is 0 Å². The van der Waals surface area contributed by atoms with Crippen LogP contribution in [0.4, 0.5) is 48.3 Å². The average molecular weight is 843 g/mol. The summed E-state index contributed by atoms with van der Waals surface area (Å²) in [6, 6.07) is 4.55. The third-order valence-electron chi connectivity index (χ3n) is 11.4. The molecule has 4 N–H and O–H groups in total. The zero-order valence-electron chi connectivity index (χ0n) is 31.7. The summed E-state index contributed by atoms with van der Waals surface area (Å²) in [4.78, 5) is 24.6. The molecule has 2 aromatic carbocycles. The molecule has 6 rings (SSSR count). The van der Waals surface area contributed by atoms with Crippen LogP contribution in [0, 0.1) is 23.5 Å². The summed E-state index contributed by atoms with van der Waals surface area (Å²) in [6.07, 6.45) is 1.18. The van der Waals surface area contributed by atoms with E-state index < -0.39 is 59.4 Å². The SMILES string of the molecule is O=C(N[C@H]1CC[C@H](NCC2CCC(F)(F)CC2)C1)c1cc(F)cc(C(F)(F)F)c1.O=C(N[C@H]1CC[C@H](NCC2CCC(F)(F)CC2)C1)c1cc(F)cc(OC(F)F)c1. The number of hydrogen-bond donors (Lipinski definition) is 4. The van der Waals surface area contributed by atoms with Gasteiger partial charge in [0.25, 0.3) is 11.8 Å². The molecular formula is C40H49F11N4O3. The maximum Gasteiger partial charge on any atom is 0.416 e. The van der Waals surface area contributed by atoms with E-state index >= 15 is 0 Å². The third-order valence-corrected chi connectivity index (χ3v) is 11.4. The van der Waals surface area contributed by atoms with E-state index in [2.05, 4.69) is 26.0 Å². The van der Waals surface area contributed by atoms with Gasteiger partial charge in [0.15, 0.2) is 0 Å². The molecule has 58 heavy (non-hydrogen) atoms. The Kier molecular flexibility index (Phi) is 15.3. The third kappa shape index (κ3) is 14.3. The molecule has 4 fully saturated rings. The number of carbonyl (C=O) groups is 2. The molecule has 0 bridgehead atoms. The smallest absolute Gasteiger partial charge is 0.416 e. The van der Waals surface area contributed by atoms with Crippen molar-refractivity contribution in [1.29, 1.82) is 0 Å². The van der Waals surface area contributed by atoms with Crippen LogP contribution in [0.3, 0.4) is 0 Å². The number of halogens is 11. The van der Waals surface area contributed by atoms with Crippen molar-refractivity contribution in [2.45, 2.75) is 139 Å². The van der Waals surface area contributed by atoms with Crippen LogP contribution in [-0.4, -0.2) is 67.5 Å². The lowest BCUT2D eigenvalue weighted by Crippen LogP contribution is -2.37. The summed E-state index contributed by atoms with van der Waals surface area (Å²) < 4.78 is 147. The minimum absolute atomic E-state index is 0.0619. The molecule has 7 nitrogen and oxygen atoms in total. The molecule has 0 radical (unpaired) electrons. The van der Waals surface area contributed by atoms with Gasteiger partial charge in [-0.1, -0.05) is 0 Å². The second kappa shape index (κ2) is 19.6. The first kappa shape index (κ1) is 45.4. The van der Waals surface area contributed by atoms with Crippen molar-refractivity contribution in [2.75, 3.05) is 13.1 Å². The fraction of sp³-hybridized carbons (Fsp3) is 0.650. The van der Waals surface area contributed by atoms with E-state index in [1.165, 1.54) is 0 Å². The van der Waals surface area contributed by atoms with Crippen LogP contribution in [-0.2, 0) is 6.18 Å². The first-order chi connectivity index (χ1) is 27.2. The van der Waals surface area contributed by atoms with Gasteiger partial charge in [-0.25, -0.2) is 26.3 Å². The fourth-order valence-electron chi connectivity index (χ4n) is 8.16. The predicted molar refractivity (Wildman–Crippen MR) is 192 cm³/mol. The van der Waals surface area contributed by atoms with E-state index in [-0.39, 0.29) is 72.8 Å². The molecule has 4 aliphatic rings. The molecule has 0 saturated heterocycles. The summed E-state index contributed by atoms with van der Waals surface area (Å²) in [5.74, 6) is -8.29. The highest BCUT2D eigenvalue weighted by molar-refractivity contribution is 5.95. The van der Waals surface area contributed by atoms with Crippen molar-refractivity contribution in [3.8, 4) is 5.75 Å². The second-order valence-corrected chi connectivity index (χ2v) is 16.1. The van der Waals surface area contributed by atoms with Gasteiger partial charge in [0.1, 0.15) is 17.4 Å². The van der Waals surface area contributed by atoms with Gasteiger partial charge in [-0.05, 0) is 119 Å². The molecule has 0 aromatic heterocycles. The Morgan fingerprint density at radius 2 is 1.03 bits per heavy atom. The van der Waals surface area contributed by atoms with Crippen LogP contribution in [0.5, 0.6) is 5.75 Å². The van der Waals surface area contributed by atoms with E-state index in [0.717, 1.165) is 43.5 Å². The second-order valence-electron chi connectivity index (χ2n) is 16.1. The lowest BCUT2D eigenvalue weighted by molar-refractivity contribution is -0.137. The van der Waals surface area contributed by atoms with Crippen molar-refractivity contribution < 1.29 is 62.6 Å². The number of rotatable bonds is 12. The van der Waals surface area contributed by atoms with Gasteiger partial charge in [-0.15, -0.1) is 0 Å². The zero-order chi connectivity index (χ0) is 42.3. The van der Waals surface area contributed by atoms with Gasteiger partial charge in [-0.3, -0.25) is 9.59 Å². The number of amides is 2. The molecule has 4 aliphatic carbocycles.